The molecule has 0 spiro atoms. The first kappa shape index (κ1) is 38.9. The second-order valence-corrected chi connectivity index (χ2v) is 37.8. The Morgan fingerprint density at radius 1 is 0.545 bits per heavy atom. The summed E-state index contributed by atoms with van der Waals surface area (Å²) in [7, 11) is 4.84. The third-order valence-corrected chi connectivity index (χ3v) is 7.69. The van der Waals surface area contributed by atoms with Gasteiger partial charge in [0.15, 0.2) is 16.5 Å². The molecule has 33 heavy (non-hydrogen) atoms. The molecule has 0 amide bonds. The molecule has 0 heterocycles. The van der Waals surface area contributed by atoms with Crippen LogP contribution in [0, 0.1) is 22.9 Å². The molecule has 0 aliphatic rings. The van der Waals surface area contributed by atoms with Gasteiger partial charge in [-0.25, -0.2) is 0 Å². The Labute approximate surface area is 232 Å². The Balaban J connectivity index is -0.000000487. The van der Waals surface area contributed by atoms with Crippen molar-refractivity contribution < 1.29 is 20.8 Å². The van der Waals surface area contributed by atoms with Gasteiger partial charge in [-0.15, -0.1) is 11.4 Å². The van der Waals surface area contributed by atoms with Gasteiger partial charge in [0.05, 0.1) is 0 Å². The van der Waals surface area contributed by atoms with E-state index in [0.29, 0.717) is 0 Å². The van der Waals surface area contributed by atoms with E-state index in [2.05, 4.69) is 132 Å². The summed E-state index contributed by atoms with van der Waals surface area (Å²) in [6, 6.07) is 4.93. The van der Waals surface area contributed by atoms with Crippen molar-refractivity contribution in [1.82, 2.24) is 0 Å². The number of rotatable bonds is 6. The van der Waals surface area contributed by atoms with E-state index < -0.39 is 53.5 Å². The van der Waals surface area contributed by atoms with Crippen molar-refractivity contribution in [2.75, 3.05) is 0 Å². The molecule has 0 saturated carbocycles. The zero-order chi connectivity index (χ0) is 27.7. The maximum atomic E-state index is 5.00. The molecule has 0 aromatic carbocycles. The van der Waals surface area contributed by atoms with E-state index in [0.717, 1.165) is 0 Å². The predicted molar refractivity (Wildman–Crippen MR) is 167 cm³/mol. The number of hydrogen-bond acceptors (Lipinski definition) is 2. The van der Waals surface area contributed by atoms with Gasteiger partial charge in [-0.05, 0) is 10.8 Å². The molecule has 0 aromatic heterocycles. The molecule has 9 heteroatoms. The van der Waals surface area contributed by atoms with Gasteiger partial charge >= 0.3 is 37.9 Å². The average molecular weight is 647 g/mol. The maximum absolute atomic E-state index is 5.00. The van der Waals surface area contributed by atoms with E-state index in [-0.39, 0.29) is 10.8 Å². The van der Waals surface area contributed by atoms with Crippen LogP contribution in [0.2, 0.25) is 78.6 Å². The fourth-order valence-corrected chi connectivity index (χ4v) is 7.52. The summed E-state index contributed by atoms with van der Waals surface area (Å²) in [5, 5.41) is 0. The van der Waals surface area contributed by atoms with Crippen molar-refractivity contribution >= 4 is 61.1 Å². The molecular formula is C24H56Cl2N2Si4Zr. The van der Waals surface area contributed by atoms with E-state index in [1.807, 2.05) is 0 Å². The Morgan fingerprint density at radius 3 is 0.818 bits per heavy atom. The van der Waals surface area contributed by atoms with Gasteiger partial charge in [-0.2, -0.15) is 0 Å². The minimum absolute atomic E-state index is 0.195. The van der Waals surface area contributed by atoms with Crippen LogP contribution in [0.5, 0.6) is 0 Å². The van der Waals surface area contributed by atoms with Gasteiger partial charge in [0.2, 0.25) is 0 Å². The van der Waals surface area contributed by atoms with Crippen molar-refractivity contribution in [2.24, 2.45) is 20.1 Å². The molecule has 196 valence electrons. The zero-order valence-electron chi connectivity index (χ0n) is 25.3. The first-order valence-electron chi connectivity index (χ1n) is 11.9. The Bertz CT molecular complexity index is 557. The third-order valence-electron chi connectivity index (χ3n) is 3.59. The summed E-state index contributed by atoms with van der Waals surface area (Å²) in [5.41, 5.74) is 3.06. The van der Waals surface area contributed by atoms with Gasteiger partial charge in [-0.3, -0.25) is 0 Å². The van der Waals surface area contributed by atoms with Crippen LogP contribution < -0.4 is 0 Å². The molecule has 0 unspecified atom stereocenters. The van der Waals surface area contributed by atoms with E-state index in [4.69, 9.17) is 26.3 Å². The van der Waals surface area contributed by atoms with Gasteiger partial charge in [0.25, 0.3) is 0 Å². The number of nitrogens with zero attached hydrogens (tertiary/aromatic N) is 2. The molecule has 2 nitrogen and oxygen atoms in total. The molecule has 0 atom stereocenters. The second kappa shape index (κ2) is 15.0. The van der Waals surface area contributed by atoms with Crippen molar-refractivity contribution in [3.05, 3.63) is 12.1 Å². The van der Waals surface area contributed by atoms with Crippen LogP contribution in [0.25, 0.3) is 0 Å². The quantitative estimate of drug-likeness (QED) is 0.156. The summed E-state index contributed by atoms with van der Waals surface area (Å²) < 4.78 is 10.0. The van der Waals surface area contributed by atoms with Crippen LogP contribution in [0.1, 0.15) is 41.5 Å². The van der Waals surface area contributed by atoms with Crippen molar-refractivity contribution in [3.8, 4) is 0 Å². The average Bonchev–Trinajstić information content (AvgIpc) is 2.39. The molecule has 0 aromatic rings. The van der Waals surface area contributed by atoms with E-state index >= 15 is 0 Å². The van der Waals surface area contributed by atoms with Crippen molar-refractivity contribution in [1.29, 1.82) is 0 Å². The fourth-order valence-electron chi connectivity index (χ4n) is 2.38. The molecular weight excluding hydrogens is 591 g/mol. The first-order chi connectivity index (χ1) is 14.0. The molecule has 0 N–H and O–H groups in total. The Kier molecular flexibility index (Phi) is 17.7. The second-order valence-electron chi connectivity index (χ2n) is 14.9. The summed E-state index contributed by atoms with van der Waals surface area (Å²) in [5.74, 6) is 0. The molecule has 0 aliphatic heterocycles. The number of halogens is 2. The third kappa shape index (κ3) is 29.5. The fraction of sp³-hybridized carbons (Fsp3) is 0.833. The van der Waals surface area contributed by atoms with Crippen LogP contribution in [0.4, 0.5) is 0 Å². The molecule has 0 saturated heterocycles. The summed E-state index contributed by atoms with van der Waals surface area (Å²) in [4.78, 5) is 0. The molecule has 0 fully saturated rings. The van der Waals surface area contributed by atoms with Crippen LogP contribution in [0.3, 0.4) is 0 Å². The standard InChI is InChI=1S/2C12H28NSi2.2ClH.Zr/c2*1-12(2,3)11(10-14(4,5)6)13-15(7,8)9;;;/h2*10H,1-9H3;2*1H;/q2*-1;;;+4/p-2/b2*13-11-;;;. The Morgan fingerprint density at radius 2 is 0.727 bits per heavy atom. The summed E-state index contributed by atoms with van der Waals surface area (Å²) >= 11 is -0.826. The summed E-state index contributed by atoms with van der Waals surface area (Å²) in [6.07, 6.45) is 0. The number of hydrogen-bond donors (Lipinski definition) is 0. The molecule has 0 rings (SSSR count). The minimum atomic E-state index is -1.35. The normalized spacial score (nSPS) is 14.3. The predicted octanol–water partition coefficient (Wildman–Crippen LogP) is 10.2. The zero-order valence-corrected chi connectivity index (χ0v) is 33.3. The van der Waals surface area contributed by atoms with Gasteiger partial charge in [0.1, 0.15) is 0 Å². The topological polar surface area (TPSA) is 24.7 Å². The van der Waals surface area contributed by atoms with E-state index in [1.165, 1.54) is 11.4 Å². The SMILES string of the molecule is CC(C)(C)/C([CH-][Si](C)(C)C)=N\[Si](C)(C)C.CC(C)(C)/C([CH-][Si](C)(C)C)=N\[Si](C)(C)C.[Cl][Zr+2][Cl]. The van der Waals surface area contributed by atoms with Crippen LogP contribution in [0.15, 0.2) is 9.32 Å². The van der Waals surface area contributed by atoms with Gasteiger partial charge in [-0.1, -0.05) is 136 Å². The van der Waals surface area contributed by atoms with Gasteiger partial charge in [0, 0.05) is 0 Å². The van der Waals surface area contributed by atoms with Gasteiger partial charge < -0.3 is 21.4 Å². The van der Waals surface area contributed by atoms with Crippen LogP contribution >= 0.6 is 17.0 Å². The van der Waals surface area contributed by atoms with E-state index in [1.54, 1.807) is 0 Å². The molecule has 0 aliphatic carbocycles. The molecule has 0 radical (unpaired) electrons. The van der Waals surface area contributed by atoms with Crippen LogP contribution in [-0.2, 0) is 20.8 Å². The van der Waals surface area contributed by atoms with Crippen molar-refractivity contribution in [2.45, 2.75) is 120 Å². The first-order valence-corrected chi connectivity index (χ1v) is 32.3. The monoisotopic (exact) mass is 644 g/mol. The van der Waals surface area contributed by atoms with E-state index in [9.17, 15) is 0 Å². The van der Waals surface area contributed by atoms with Crippen molar-refractivity contribution in [3.63, 3.8) is 0 Å². The Hall–Kier alpha value is 1.41. The summed E-state index contributed by atoms with van der Waals surface area (Å²) in [6.45, 7) is 41.7. The van der Waals surface area contributed by atoms with Crippen LogP contribution in [-0.4, -0.2) is 44.0 Å². The molecule has 0 bridgehead atoms.